The van der Waals surface area contributed by atoms with Crippen molar-refractivity contribution in [1.29, 1.82) is 0 Å². The number of aromatic nitrogens is 2. The number of rotatable bonds is 7. The third-order valence-corrected chi connectivity index (χ3v) is 4.24. The second kappa shape index (κ2) is 8.87. The maximum absolute atomic E-state index is 13.8. The zero-order valence-corrected chi connectivity index (χ0v) is 17.0. The Kier molecular flexibility index (Phi) is 6.28. The van der Waals surface area contributed by atoms with E-state index in [4.69, 9.17) is 17.2 Å². The van der Waals surface area contributed by atoms with Crippen LogP contribution >= 0.6 is 0 Å². The third kappa shape index (κ3) is 5.00. The number of benzene rings is 2. The number of hydrogen-bond donors (Lipinski definition) is 2. The fourth-order valence-corrected chi connectivity index (χ4v) is 2.98. The van der Waals surface area contributed by atoms with Gasteiger partial charge in [-0.1, -0.05) is 0 Å². The van der Waals surface area contributed by atoms with Crippen molar-refractivity contribution in [3.8, 4) is 5.75 Å². The van der Waals surface area contributed by atoms with Crippen LogP contribution in [-0.2, 0) is 17.2 Å². The van der Waals surface area contributed by atoms with Gasteiger partial charge in [-0.25, -0.2) is 14.4 Å². The van der Waals surface area contributed by atoms with Crippen LogP contribution in [0.4, 0.5) is 21.6 Å². The van der Waals surface area contributed by atoms with Gasteiger partial charge in [0.2, 0.25) is 0 Å². The lowest BCUT2D eigenvalue weighted by molar-refractivity contribution is -0.123. The molecule has 0 radical (unpaired) electrons. The van der Waals surface area contributed by atoms with E-state index in [9.17, 15) is 9.18 Å². The van der Waals surface area contributed by atoms with Gasteiger partial charge in [0.15, 0.2) is 6.61 Å². The number of aryl methyl sites for hydroxylation is 1. The molecule has 0 spiro atoms. The third-order valence-electron chi connectivity index (χ3n) is 4.03. The summed E-state index contributed by atoms with van der Waals surface area (Å²) in [6, 6.07) is 7.63. The summed E-state index contributed by atoms with van der Waals surface area (Å²) < 4.78 is 23.1. The number of carbonyl (C=O) groups is 1. The molecule has 3 aromatic rings. The summed E-state index contributed by atoms with van der Waals surface area (Å²) in [5.74, 6) is -0.0500. The quantitative estimate of drug-likeness (QED) is 0.607. The minimum atomic E-state index is -0.477. The maximum Gasteiger partial charge on any atom is 0.258 e. The number of anilines is 2. The molecule has 1 aromatic heterocycles. The normalized spacial score (nSPS) is 10.8. The van der Waals surface area contributed by atoms with E-state index in [-0.39, 0.29) is 24.3 Å². The summed E-state index contributed by atoms with van der Waals surface area (Å²) in [4.78, 5) is 20.5. The molecule has 0 fully saturated rings. The van der Waals surface area contributed by atoms with Crippen LogP contribution in [0.25, 0.3) is 10.9 Å². The Morgan fingerprint density at radius 3 is 2.79 bits per heavy atom. The minimum absolute atomic E-state index is 0.0155. The summed E-state index contributed by atoms with van der Waals surface area (Å²) in [6.45, 7) is 5.36. The Bertz CT molecular complexity index is 1070. The molecule has 0 bridgehead atoms. The minimum Gasteiger partial charge on any atom is -0.481 e. The average Bonchev–Trinajstić information content (AvgIpc) is 2.67. The smallest absolute Gasteiger partial charge is 0.258 e. The number of hydrogen-bond acceptors (Lipinski definition) is 7. The van der Waals surface area contributed by atoms with E-state index in [2.05, 4.69) is 25.0 Å². The highest BCUT2D eigenvalue weighted by Gasteiger charge is 2.13. The number of carbonyl (C=O) groups excluding carboxylic acids is 1. The molecule has 29 heavy (non-hydrogen) atoms. The van der Waals surface area contributed by atoms with Crippen LogP contribution in [0.2, 0.25) is 0 Å². The first kappa shape index (κ1) is 20.5. The zero-order chi connectivity index (χ0) is 21.0. The van der Waals surface area contributed by atoms with Gasteiger partial charge < -0.3 is 15.4 Å². The number of fused-ring (bicyclic) bond motifs is 1. The second-order valence-electron chi connectivity index (χ2n) is 6.75. The zero-order valence-electron chi connectivity index (χ0n) is 16.2. The van der Waals surface area contributed by atoms with Gasteiger partial charge in [0.25, 0.3) is 5.91 Å². The number of amides is 1. The summed E-state index contributed by atoms with van der Waals surface area (Å²) >= 11 is 4.77. The monoisotopic (exact) mass is 413 g/mol. The molecule has 7 nitrogen and oxygen atoms in total. The number of nitrogens with zero attached hydrogens (tertiary/aromatic N) is 3. The predicted molar refractivity (Wildman–Crippen MR) is 112 cm³/mol. The molecule has 0 saturated heterocycles. The standard InChI is InChI=1S/C20H20FN5O2S/c1-11(2)24-18(27)9-28-17-7-13(21)4-5-15(17)25-20-19-12(3)6-14(26-29)8-16(19)22-10-23-20/h4-8,10-11H,9H2,1-3H3,(H,24,27)(H,22,23,25). The summed E-state index contributed by atoms with van der Waals surface area (Å²) in [5.41, 5.74) is 2.67. The fraction of sp³-hybridized carbons (Fsp3) is 0.250. The van der Waals surface area contributed by atoms with Crippen molar-refractivity contribution in [2.75, 3.05) is 11.9 Å². The first-order valence-electron chi connectivity index (χ1n) is 8.95. The molecule has 2 N–H and O–H groups in total. The first-order valence-corrected chi connectivity index (χ1v) is 9.31. The summed E-state index contributed by atoms with van der Waals surface area (Å²) in [6.07, 6.45) is 1.41. The van der Waals surface area contributed by atoms with Gasteiger partial charge in [-0.05, 0) is 50.6 Å². The van der Waals surface area contributed by atoms with Crippen molar-refractivity contribution in [1.82, 2.24) is 15.3 Å². The maximum atomic E-state index is 13.8. The number of halogens is 1. The Balaban J connectivity index is 1.92. The Morgan fingerprint density at radius 2 is 2.07 bits per heavy atom. The molecule has 2 aromatic carbocycles. The molecule has 9 heteroatoms. The van der Waals surface area contributed by atoms with E-state index in [1.54, 1.807) is 6.07 Å². The fourth-order valence-electron chi connectivity index (χ4n) is 2.87. The number of nitrogens with one attached hydrogen (secondary N) is 2. The first-order chi connectivity index (χ1) is 13.9. The Morgan fingerprint density at radius 1 is 1.28 bits per heavy atom. The van der Waals surface area contributed by atoms with Crippen LogP contribution in [-0.4, -0.2) is 28.5 Å². The van der Waals surface area contributed by atoms with Gasteiger partial charge in [-0.15, -0.1) is 0 Å². The largest absolute Gasteiger partial charge is 0.481 e. The molecular weight excluding hydrogens is 393 g/mol. The van der Waals surface area contributed by atoms with Crippen LogP contribution in [0.5, 0.6) is 5.75 Å². The van der Waals surface area contributed by atoms with Crippen LogP contribution in [0.3, 0.4) is 0 Å². The molecule has 150 valence electrons. The van der Waals surface area contributed by atoms with Gasteiger partial charge in [0.1, 0.15) is 23.7 Å². The van der Waals surface area contributed by atoms with E-state index in [0.29, 0.717) is 22.7 Å². The lowest BCUT2D eigenvalue weighted by Gasteiger charge is -2.15. The van der Waals surface area contributed by atoms with Crippen molar-refractivity contribution < 1.29 is 13.9 Å². The molecule has 3 rings (SSSR count). The molecule has 0 unspecified atom stereocenters. The van der Waals surface area contributed by atoms with Gasteiger partial charge in [0.05, 0.1) is 16.9 Å². The van der Waals surface area contributed by atoms with Crippen LogP contribution in [0, 0.1) is 12.7 Å². The van der Waals surface area contributed by atoms with Crippen molar-refractivity contribution in [3.05, 3.63) is 48.0 Å². The highest BCUT2D eigenvalue weighted by atomic mass is 32.1. The predicted octanol–water partition coefficient (Wildman–Crippen LogP) is 4.09. The molecule has 1 amide bonds. The van der Waals surface area contributed by atoms with Gasteiger partial charge in [-0.2, -0.15) is 4.36 Å². The van der Waals surface area contributed by atoms with E-state index in [0.717, 1.165) is 10.9 Å². The SMILES string of the molecule is Cc1cc(N=S)cc2ncnc(Nc3ccc(F)cc3OCC(=O)NC(C)C)c12. The van der Waals surface area contributed by atoms with Gasteiger partial charge in [-0.3, -0.25) is 4.79 Å². The van der Waals surface area contributed by atoms with E-state index in [1.165, 1.54) is 24.5 Å². The highest BCUT2D eigenvalue weighted by Crippen LogP contribution is 2.33. The van der Waals surface area contributed by atoms with E-state index >= 15 is 0 Å². The van der Waals surface area contributed by atoms with Crippen LogP contribution in [0.15, 0.2) is 41.0 Å². The molecule has 0 aliphatic rings. The summed E-state index contributed by atoms with van der Waals surface area (Å²) in [7, 11) is 0. The van der Waals surface area contributed by atoms with Crippen molar-refractivity contribution in [2.45, 2.75) is 26.8 Å². The molecule has 0 saturated carbocycles. The van der Waals surface area contributed by atoms with Gasteiger partial charge in [0, 0.05) is 29.9 Å². The topological polar surface area (TPSA) is 88.5 Å². The van der Waals surface area contributed by atoms with Crippen LogP contribution in [0.1, 0.15) is 19.4 Å². The van der Waals surface area contributed by atoms with Gasteiger partial charge >= 0.3 is 0 Å². The van der Waals surface area contributed by atoms with Crippen molar-refractivity contribution >= 4 is 46.4 Å². The highest BCUT2D eigenvalue weighted by molar-refractivity contribution is 7.47. The molecule has 1 heterocycles. The van der Waals surface area contributed by atoms with Crippen molar-refractivity contribution in [2.24, 2.45) is 4.36 Å². The number of ether oxygens (including phenoxy) is 1. The second-order valence-corrected chi connectivity index (χ2v) is 6.93. The molecule has 0 aliphatic carbocycles. The van der Waals surface area contributed by atoms with E-state index in [1.807, 2.05) is 26.8 Å². The summed E-state index contributed by atoms with van der Waals surface area (Å²) in [5, 5.41) is 6.66. The Hall–Kier alpha value is -3.20. The average molecular weight is 413 g/mol. The Labute approximate surface area is 172 Å². The molecular formula is C20H20FN5O2S. The molecule has 0 atom stereocenters. The van der Waals surface area contributed by atoms with Crippen LogP contribution < -0.4 is 15.4 Å². The molecule has 0 aliphatic heterocycles. The van der Waals surface area contributed by atoms with Crippen molar-refractivity contribution in [3.63, 3.8) is 0 Å². The lowest BCUT2D eigenvalue weighted by atomic mass is 10.1. The van der Waals surface area contributed by atoms with E-state index < -0.39 is 5.82 Å². The lowest BCUT2D eigenvalue weighted by Crippen LogP contribution is -2.34.